The molecular formula is C3H5NO3. The van der Waals surface area contributed by atoms with Gasteiger partial charge >= 0.3 is 5.97 Å². The second-order valence-electron chi connectivity index (χ2n) is 0.950. The Bertz CT molecular complexity index is 90.2. The molecule has 0 spiro atoms. The number of carbonyl (C=O) groups is 1. The van der Waals surface area contributed by atoms with Gasteiger partial charge in [-0.25, -0.2) is 4.79 Å². The number of hydrogen-bond donors (Lipinski definition) is 3. The summed E-state index contributed by atoms with van der Waals surface area (Å²) in [4.78, 5) is 9.53. The van der Waals surface area contributed by atoms with E-state index >= 15 is 0 Å². The maximum atomic E-state index is 9.53. The van der Waals surface area contributed by atoms with Crippen molar-refractivity contribution in [2.45, 2.75) is 6.10 Å². The second kappa shape index (κ2) is 2.30. The molecule has 1 atom stereocenters. The summed E-state index contributed by atoms with van der Waals surface area (Å²) in [5, 5.41) is 22.1. The average molecular weight is 103 g/mol. The molecule has 0 aliphatic carbocycles. The Kier molecular flexibility index (Phi) is 2.01. The minimum atomic E-state index is -1.64. The van der Waals surface area contributed by atoms with Crippen molar-refractivity contribution in [1.82, 2.24) is 0 Å². The summed E-state index contributed by atoms with van der Waals surface area (Å²) >= 11 is 0. The molecule has 3 N–H and O–H groups in total. The van der Waals surface area contributed by atoms with Crippen LogP contribution in [0.5, 0.6) is 0 Å². The number of aliphatic hydroxyl groups excluding tert-OH is 1. The molecule has 0 fully saturated rings. The second-order valence-corrected chi connectivity index (χ2v) is 0.950. The Morgan fingerprint density at radius 1 is 1.86 bits per heavy atom. The van der Waals surface area contributed by atoms with Gasteiger partial charge in [-0.05, 0) is 0 Å². The van der Waals surface area contributed by atoms with Crippen LogP contribution in [-0.2, 0) is 4.79 Å². The van der Waals surface area contributed by atoms with Crippen molar-refractivity contribution in [1.29, 1.82) is 5.41 Å². The molecule has 4 heteroatoms. The van der Waals surface area contributed by atoms with Crippen molar-refractivity contribution in [2.75, 3.05) is 0 Å². The van der Waals surface area contributed by atoms with Gasteiger partial charge in [-0.15, -0.1) is 0 Å². The Morgan fingerprint density at radius 3 is 2.29 bits per heavy atom. The van der Waals surface area contributed by atoms with E-state index in [1.54, 1.807) is 0 Å². The quantitative estimate of drug-likeness (QED) is 0.395. The highest BCUT2D eigenvalue weighted by Gasteiger charge is 2.06. The van der Waals surface area contributed by atoms with Gasteiger partial charge in [-0.2, -0.15) is 0 Å². The number of aliphatic hydroxyl groups is 1. The zero-order valence-corrected chi connectivity index (χ0v) is 3.46. The first kappa shape index (κ1) is 6.10. The van der Waals surface area contributed by atoms with Crippen molar-refractivity contribution in [3.63, 3.8) is 0 Å². The fraction of sp³-hybridized carbons (Fsp3) is 0.333. The molecule has 1 unspecified atom stereocenters. The van der Waals surface area contributed by atoms with Gasteiger partial charge in [0.25, 0.3) is 0 Å². The van der Waals surface area contributed by atoms with Crippen LogP contribution in [0.3, 0.4) is 0 Å². The van der Waals surface area contributed by atoms with Crippen LogP contribution < -0.4 is 0 Å². The summed E-state index contributed by atoms with van der Waals surface area (Å²) in [5.41, 5.74) is 0. The lowest BCUT2D eigenvalue weighted by Crippen LogP contribution is -2.19. The predicted octanol–water partition coefficient (Wildman–Crippen LogP) is -0.919. The highest BCUT2D eigenvalue weighted by atomic mass is 16.4. The number of nitrogens with one attached hydrogen (secondary N) is 1. The third-order valence-corrected chi connectivity index (χ3v) is 0.411. The van der Waals surface area contributed by atoms with Crippen LogP contribution in [0.2, 0.25) is 0 Å². The highest BCUT2D eigenvalue weighted by Crippen LogP contribution is 1.71. The lowest BCUT2D eigenvalue weighted by Gasteiger charge is -1.90. The molecule has 7 heavy (non-hydrogen) atoms. The Hall–Kier alpha value is -0.900. The van der Waals surface area contributed by atoms with Crippen molar-refractivity contribution >= 4 is 12.2 Å². The summed E-state index contributed by atoms with van der Waals surface area (Å²) < 4.78 is 0. The van der Waals surface area contributed by atoms with E-state index < -0.39 is 12.1 Å². The maximum Gasteiger partial charge on any atom is 0.338 e. The number of carboxylic acids is 1. The molecule has 0 aromatic heterocycles. The summed E-state index contributed by atoms with van der Waals surface area (Å²) in [5.74, 6) is -1.39. The van der Waals surface area contributed by atoms with Crippen molar-refractivity contribution < 1.29 is 15.0 Å². The summed E-state index contributed by atoms with van der Waals surface area (Å²) in [6, 6.07) is 0. The van der Waals surface area contributed by atoms with Crippen LogP contribution in [0.25, 0.3) is 0 Å². The minimum Gasteiger partial charge on any atom is -0.479 e. The van der Waals surface area contributed by atoms with Gasteiger partial charge in [0.1, 0.15) is 0 Å². The third kappa shape index (κ3) is 1.88. The first-order valence-electron chi connectivity index (χ1n) is 1.60. The van der Waals surface area contributed by atoms with E-state index in [4.69, 9.17) is 15.6 Å². The molecule has 0 bridgehead atoms. The van der Waals surface area contributed by atoms with E-state index in [1.165, 1.54) is 0 Å². The molecule has 40 valence electrons. The van der Waals surface area contributed by atoms with Crippen molar-refractivity contribution in [3.8, 4) is 0 Å². The lowest BCUT2D eigenvalue weighted by molar-refractivity contribution is -0.142. The SMILES string of the molecule is N=CC(O)C(=O)O. The first-order valence-corrected chi connectivity index (χ1v) is 1.60. The van der Waals surface area contributed by atoms with Crippen LogP contribution in [0, 0.1) is 5.41 Å². The molecule has 0 heterocycles. The molecule has 0 saturated carbocycles. The Balaban J connectivity index is 3.55. The zero-order valence-electron chi connectivity index (χ0n) is 3.46. The van der Waals surface area contributed by atoms with Crippen molar-refractivity contribution in [2.24, 2.45) is 0 Å². The van der Waals surface area contributed by atoms with E-state index in [0.717, 1.165) is 0 Å². The van der Waals surface area contributed by atoms with Gasteiger partial charge in [0.2, 0.25) is 0 Å². The zero-order chi connectivity index (χ0) is 5.86. The Morgan fingerprint density at radius 2 is 2.29 bits per heavy atom. The highest BCUT2D eigenvalue weighted by molar-refractivity contribution is 5.89. The minimum absolute atomic E-state index is 0.447. The molecule has 0 radical (unpaired) electrons. The van der Waals surface area contributed by atoms with Crippen LogP contribution in [0.15, 0.2) is 0 Å². The fourth-order valence-electron chi connectivity index (χ4n) is 0.0713. The number of aliphatic carboxylic acids is 1. The normalized spacial score (nSPS) is 12.7. The smallest absolute Gasteiger partial charge is 0.338 e. The van der Waals surface area contributed by atoms with Crippen LogP contribution in [0.4, 0.5) is 0 Å². The van der Waals surface area contributed by atoms with E-state index in [0.29, 0.717) is 6.21 Å². The molecule has 0 amide bonds. The molecular weight excluding hydrogens is 98.0 g/mol. The lowest BCUT2D eigenvalue weighted by atomic mass is 10.4. The molecule has 0 saturated heterocycles. The van der Waals surface area contributed by atoms with Gasteiger partial charge in [0.15, 0.2) is 6.10 Å². The van der Waals surface area contributed by atoms with Gasteiger partial charge in [-0.1, -0.05) is 0 Å². The van der Waals surface area contributed by atoms with Crippen LogP contribution in [0.1, 0.15) is 0 Å². The largest absolute Gasteiger partial charge is 0.479 e. The fourth-order valence-corrected chi connectivity index (χ4v) is 0.0713. The van der Waals surface area contributed by atoms with Gasteiger partial charge in [0, 0.05) is 6.21 Å². The summed E-state index contributed by atoms with van der Waals surface area (Å²) in [6.07, 6.45) is -1.19. The molecule has 0 aliphatic heterocycles. The van der Waals surface area contributed by atoms with Crippen LogP contribution in [-0.4, -0.2) is 28.5 Å². The predicted molar refractivity (Wildman–Crippen MR) is 22.4 cm³/mol. The number of hydrogen-bond acceptors (Lipinski definition) is 3. The third-order valence-electron chi connectivity index (χ3n) is 0.411. The van der Waals surface area contributed by atoms with Gasteiger partial charge in [-0.3, -0.25) is 0 Å². The topological polar surface area (TPSA) is 81.4 Å². The van der Waals surface area contributed by atoms with E-state index in [-0.39, 0.29) is 0 Å². The van der Waals surface area contributed by atoms with E-state index in [9.17, 15) is 4.79 Å². The standard InChI is InChI=1S/C3H5NO3/c4-1-2(5)3(6)7/h1-2,4-5H,(H,6,7). The Labute approximate surface area is 39.9 Å². The summed E-state index contributed by atoms with van der Waals surface area (Å²) in [7, 11) is 0. The van der Waals surface area contributed by atoms with Gasteiger partial charge in [0.05, 0.1) is 0 Å². The molecule has 0 aromatic carbocycles. The number of carboxylic acid groups (broad SMARTS) is 1. The van der Waals surface area contributed by atoms with E-state index in [1.807, 2.05) is 0 Å². The number of rotatable bonds is 2. The molecule has 0 rings (SSSR count). The van der Waals surface area contributed by atoms with Crippen molar-refractivity contribution in [3.05, 3.63) is 0 Å². The molecule has 0 aromatic rings. The summed E-state index contributed by atoms with van der Waals surface area (Å²) in [6.45, 7) is 0. The van der Waals surface area contributed by atoms with Crippen LogP contribution >= 0.6 is 0 Å². The molecule has 0 aliphatic rings. The van der Waals surface area contributed by atoms with E-state index in [2.05, 4.69) is 0 Å². The van der Waals surface area contributed by atoms with Gasteiger partial charge < -0.3 is 15.6 Å². The molecule has 4 nitrogen and oxygen atoms in total. The maximum absolute atomic E-state index is 9.53. The first-order chi connectivity index (χ1) is 3.18. The monoisotopic (exact) mass is 103 g/mol. The average Bonchev–Trinajstić information content (AvgIpc) is 1.65.